The quantitative estimate of drug-likeness (QED) is 0.851. The van der Waals surface area contributed by atoms with Crippen molar-refractivity contribution in [3.63, 3.8) is 0 Å². The second kappa shape index (κ2) is 5.12. The molecule has 1 aromatic carbocycles. The fourth-order valence-electron chi connectivity index (χ4n) is 1.23. The van der Waals surface area contributed by atoms with Crippen LogP contribution in [-0.2, 0) is 22.6 Å². The third-order valence-corrected chi connectivity index (χ3v) is 2.05. The first kappa shape index (κ1) is 12.7. The number of hydrogen-bond acceptors (Lipinski definition) is 2. The largest absolute Gasteiger partial charge is 0.481 e. The smallest absolute Gasteiger partial charge is 0.307 e. The number of carboxylic acids is 1. The summed E-state index contributed by atoms with van der Waals surface area (Å²) in [4.78, 5) is 10.5. The summed E-state index contributed by atoms with van der Waals surface area (Å²) in [5, 5.41) is 8.62. The molecule has 3 nitrogen and oxygen atoms in total. The summed E-state index contributed by atoms with van der Waals surface area (Å²) in [6, 6.07) is 7.47. The van der Waals surface area contributed by atoms with Gasteiger partial charge in [-0.1, -0.05) is 24.3 Å². The van der Waals surface area contributed by atoms with Crippen molar-refractivity contribution in [3.05, 3.63) is 35.4 Å². The maximum atomic E-state index is 10.5. The predicted octanol–water partition coefficient (Wildman–Crippen LogP) is 2.63. The molecule has 1 N–H and O–H groups in total. The second-order valence-corrected chi connectivity index (χ2v) is 4.79. The van der Waals surface area contributed by atoms with Gasteiger partial charge in [0.1, 0.15) is 0 Å². The molecule has 0 aliphatic carbocycles. The lowest BCUT2D eigenvalue weighted by Gasteiger charge is -2.19. The zero-order chi connectivity index (χ0) is 12.2. The Morgan fingerprint density at radius 3 is 2.12 bits per heavy atom. The summed E-state index contributed by atoms with van der Waals surface area (Å²) in [5.74, 6) is -0.807. The number of aliphatic carboxylic acids is 1. The van der Waals surface area contributed by atoms with Crippen LogP contribution in [0, 0.1) is 0 Å². The highest BCUT2D eigenvalue weighted by Crippen LogP contribution is 2.12. The second-order valence-electron chi connectivity index (χ2n) is 4.79. The minimum Gasteiger partial charge on any atom is -0.481 e. The maximum absolute atomic E-state index is 10.5. The lowest BCUT2D eigenvalue weighted by Crippen LogP contribution is -2.18. The topological polar surface area (TPSA) is 46.5 Å². The number of ether oxygens (including phenoxy) is 1. The van der Waals surface area contributed by atoms with Crippen molar-refractivity contribution in [2.45, 2.75) is 39.4 Å². The molecule has 0 heterocycles. The molecule has 0 unspecified atom stereocenters. The molecule has 3 heteroatoms. The molecule has 0 spiro atoms. The van der Waals surface area contributed by atoms with E-state index in [9.17, 15) is 4.79 Å². The van der Waals surface area contributed by atoms with Gasteiger partial charge < -0.3 is 9.84 Å². The van der Waals surface area contributed by atoms with Gasteiger partial charge in [-0.15, -0.1) is 0 Å². The van der Waals surface area contributed by atoms with Gasteiger partial charge >= 0.3 is 5.97 Å². The predicted molar refractivity (Wildman–Crippen MR) is 62.3 cm³/mol. The van der Waals surface area contributed by atoms with Gasteiger partial charge in [0.25, 0.3) is 0 Å². The molecule has 1 rings (SSSR count). The first-order valence-corrected chi connectivity index (χ1v) is 5.30. The molecular weight excluding hydrogens is 204 g/mol. The molecule has 0 amide bonds. The van der Waals surface area contributed by atoms with Crippen LogP contribution < -0.4 is 0 Å². The van der Waals surface area contributed by atoms with Crippen LogP contribution >= 0.6 is 0 Å². The van der Waals surface area contributed by atoms with Crippen LogP contribution in [0.15, 0.2) is 24.3 Å². The molecule has 0 aliphatic heterocycles. The van der Waals surface area contributed by atoms with E-state index in [-0.39, 0.29) is 12.0 Å². The zero-order valence-corrected chi connectivity index (χ0v) is 9.99. The third kappa shape index (κ3) is 4.94. The van der Waals surface area contributed by atoms with Crippen molar-refractivity contribution in [2.24, 2.45) is 0 Å². The van der Waals surface area contributed by atoms with E-state index in [2.05, 4.69) is 0 Å². The van der Waals surface area contributed by atoms with Crippen LogP contribution in [0.3, 0.4) is 0 Å². The highest BCUT2D eigenvalue weighted by Gasteiger charge is 2.09. The van der Waals surface area contributed by atoms with Crippen LogP contribution in [0.4, 0.5) is 0 Å². The number of rotatable bonds is 4. The molecule has 0 saturated carbocycles. The normalized spacial score (nSPS) is 11.4. The van der Waals surface area contributed by atoms with E-state index in [0.29, 0.717) is 6.61 Å². The van der Waals surface area contributed by atoms with E-state index in [1.165, 1.54) is 0 Å². The maximum Gasteiger partial charge on any atom is 0.307 e. The van der Waals surface area contributed by atoms with Gasteiger partial charge in [0, 0.05) is 0 Å². The van der Waals surface area contributed by atoms with Crippen LogP contribution in [0.25, 0.3) is 0 Å². The summed E-state index contributed by atoms with van der Waals surface area (Å²) < 4.78 is 5.62. The van der Waals surface area contributed by atoms with E-state index in [1.54, 1.807) is 0 Å². The van der Waals surface area contributed by atoms with Gasteiger partial charge in [0.2, 0.25) is 0 Å². The average molecular weight is 222 g/mol. The monoisotopic (exact) mass is 222 g/mol. The van der Waals surface area contributed by atoms with E-state index in [4.69, 9.17) is 9.84 Å². The zero-order valence-electron chi connectivity index (χ0n) is 9.99. The molecule has 88 valence electrons. The lowest BCUT2D eigenvalue weighted by atomic mass is 10.1. The van der Waals surface area contributed by atoms with Gasteiger partial charge in [-0.3, -0.25) is 4.79 Å². The van der Waals surface area contributed by atoms with Crippen molar-refractivity contribution in [1.29, 1.82) is 0 Å². The summed E-state index contributed by atoms with van der Waals surface area (Å²) in [6.45, 7) is 6.57. The number of hydrogen-bond donors (Lipinski definition) is 1. The van der Waals surface area contributed by atoms with Gasteiger partial charge in [-0.05, 0) is 31.9 Å². The van der Waals surface area contributed by atoms with E-state index < -0.39 is 5.97 Å². The first-order chi connectivity index (χ1) is 7.37. The van der Waals surface area contributed by atoms with Crippen molar-refractivity contribution < 1.29 is 14.6 Å². The molecule has 0 radical (unpaired) electrons. The van der Waals surface area contributed by atoms with Gasteiger partial charge in [-0.25, -0.2) is 0 Å². The number of carbonyl (C=O) groups is 1. The van der Waals surface area contributed by atoms with E-state index >= 15 is 0 Å². The van der Waals surface area contributed by atoms with Crippen molar-refractivity contribution >= 4 is 5.97 Å². The fourth-order valence-corrected chi connectivity index (χ4v) is 1.23. The Morgan fingerprint density at radius 2 is 1.69 bits per heavy atom. The van der Waals surface area contributed by atoms with Crippen molar-refractivity contribution in [3.8, 4) is 0 Å². The Balaban J connectivity index is 2.55. The third-order valence-electron chi connectivity index (χ3n) is 2.05. The Labute approximate surface area is 96.1 Å². The molecule has 0 atom stereocenters. The minimum atomic E-state index is -0.807. The molecule has 16 heavy (non-hydrogen) atoms. The number of benzene rings is 1. The average Bonchev–Trinajstić information content (AvgIpc) is 2.14. The molecule has 0 fully saturated rings. The van der Waals surface area contributed by atoms with Crippen molar-refractivity contribution in [2.75, 3.05) is 0 Å². The first-order valence-electron chi connectivity index (χ1n) is 5.30. The molecular formula is C13H18O3. The Bertz CT molecular complexity index is 346. The summed E-state index contributed by atoms with van der Waals surface area (Å²) in [5.41, 5.74) is 1.72. The lowest BCUT2D eigenvalue weighted by molar-refractivity contribution is -0.136. The van der Waals surface area contributed by atoms with Crippen LogP contribution in [0.2, 0.25) is 0 Å². The van der Waals surface area contributed by atoms with Gasteiger partial charge in [0.05, 0.1) is 18.6 Å². The van der Waals surface area contributed by atoms with Crippen molar-refractivity contribution in [1.82, 2.24) is 0 Å². The fraction of sp³-hybridized carbons (Fsp3) is 0.462. The summed E-state index contributed by atoms with van der Waals surface area (Å²) in [7, 11) is 0. The SMILES string of the molecule is CC(C)(C)OCc1ccc(CC(=O)O)cc1. The summed E-state index contributed by atoms with van der Waals surface area (Å²) >= 11 is 0. The van der Waals surface area contributed by atoms with Gasteiger partial charge in [0.15, 0.2) is 0 Å². The molecule has 0 aromatic heterocycles. The molecule has 1 aromatic rings. The highest BCUT2D eigenvalue weighted by molar-refractivity contribution is 5.70. The highest BCUT2D eigenvalue weighted by atomic mass is 16.5. The van der Waals surface area contributed by atoms with Crippen LogP contribution in [-0.4, -0.2) is 16.7 Å². The Hall–Kier alpha value is -1.35. The van der Waals surface area contributed by atoms with Crippen LogP contribution in [0.5, 0.6) is 0 Å². The molecule has 0 bridgehead atoms. The molecule has 0 aliphatic rings. The Kier molecular flexibility index (Phi) is 4.07. The standard InChI is InChI=1S/C13H18O3/c1-13(2,3)16-9-11-6-4-10(5-7-11)8-12(14)15/h4-7H,8-9H2,1-3H3,(H,14,15). The van der Waals surface area contributed by atoms with E-state index in [0.717, 1.165) is 11.1 Å². The minimum absolute atomic E-state index is 0.0698. The molecule has 0 saturated heterocycles. The van der Waals surface area contributed by atoms with Gasteiger partial charge in [-0.2, -0.15) is 0 Å². The van der Waals surface area contributed by atoms with Crippen LogP contribution in [0.1, 0.15) is 31.9 Å². The Morgan fingerprint density at radius 1 is 1.19 bits per heavy atom. The number of carboxylic acid groups (broad SMARTS) is 1. The summed E-state index contributed by atoms with van der Waals surface area (Å²) in [6.07, 6.45) is 0.0698. The van der Waals surface area contributed by atoms with E-state index in [1.807, 2.05) is 45.0 Å².